The van der Waals surface area contributed by atoms with Crippen molar-refractivity contribution in [2.24, 2.45) is 5.92 Å². The van der Waals surface area contributed by atoms with E-state index in [-0.39, 0.29) is 5.82 Å². The Hall–Kier alpha value is -2.92. The summed E-state index contributed by atoms with van der Waals surface area (Å²) in [5, 5.41) is 0. The van der Waals surface area contributed by atoms with E-state index >= 15 is 0 Å². The largest absolute Gasteiger partial charge is 0.489 e. The van der Waals surface area contributed by atoms with Gasteiger partial charge in [0.25, 0.3) is 0 Å². The number of methoxy groups -OCH3 is 1. The molecule has 1 aliphatic rings. The van der Waals surface area contributed by atoms with Crippen LogP contribution in [0.4, 0.5) is 4.39 Å². The lowest BCUT2D eigenvalue weighted by Crippen LogP contribution is -2.36. The fourth-order valence-corrected chi connectivity index (χ4v) is 4.95. The minimum absolute atomic E-state index is 0.353. The third kappa shape index (κ3) is 6.25. The molecular formula is C31H39FN2O2. The molecule has 1 heterocycles. The van der Waals surface area contributed by atoms with Crippen LogP contribution in [0.5, 0.6) is 11.6 Å². The van der Waals surface area contributed by atoms with Crippen molar-refractivity contribution in [1.82, 2.24) is 9.88 Å². The molecule has 3 aromatic rings. The first kappa shape index (κ1) is 26.2. The van der Waals surface area contributed by atoms with Gasteiger partial charge in [0.05, 0.1) is 13.3 Å². The Morgan fingerprint density at radius 2 is 1.72 bits per heavy atom. The van der Waals surface area contributed by atoms with Crippen molar-refractivity contribution in [1.29, 1.82) is 0 Å². The van der Waals surface area contributed by atoms with Crippen molar-refractivity contribution < 1.29 is 13.9 Å². The molecule has 0 saturated heterocycles. The Kier molecular flexibility index (Phi) is 8.30. The molecule has 1 fully saturated rings. The van der Waals surface area contributed by atoms with Crippen molar-refractivity contribution in [2.45, 2.75) is 78.6 Å². The number of aromatic nitrogens is 1. The van der Waals surface area contributed by atoms with Crippen LogP contribution in [-0.4, -0.2) is 29.1 Å². The van der Waals surface area contributed by atoms with Gasteiger partial charge in [-0.25, -0.2) is 9.37 Å². The molecule has 1 unspecified atom stereocenters. The number of pyridine rings is 1. The van der Waals surface area contributed by atoms with E-state index in [1.165, 1.54) is 24.6 Å². The molecule has 0 aliphatic heterocycles. The van der Waals surface area contributed by atoms with Crippen molar-refractivity contribution in [3.05, 3.63) is 77.2 Å². The highest BCUT2D eigenvalue weighted by atomic mass is 19.1. The van der Waals surface area contributed by atoms with Gasteiger partial charge in [-0.3, -0.25) is 4.90 Å². The number of ether oxygens (including phenoxy) is 2. The van der Waals surface area contributed by atoms with Crippen LogP contribution >= 0.6 is 0 Å². The van der Waals surface area contributed by atoms with Crippen molar-refractivity contribution in [3.63, 3.8) is 0 Å². The van der Waals surface area contributed by atoms with Crippen molar-refractivity contribution in [2.75, 3.05) is 7.11 Å². The highest BCUT2D eigenvalue weighted by Gasteiger charge is 2.29. The van der Waals surface area contributed by atoms with Crippen LogP contribution in [0.25, 0.3) is 11.1 Å². The molecule has 1 aliphatic carbocycles. The van der Waals surface area contributed by atoms with E-state index < -0.39 is 0 Å². The third-order valence-electron chi connectivity index (χ3n) is 7.30. The van der Waals surface area contributed by atoms with Crippen LogP contribution in [0.3, 0.4) is 0 Å². The maximum atomic E-state index is 14.9. The number of hydrogen-bond acceptors (Lipinski definition) is 4. The van der Waals surface area contributed by atoms with E-state index in [0.29, 0.717) is 42.6 Å². The second-order valence-corrected chi connectivity index (χ2v) is 10.5. The van der Waals surface area contributed by atoms with Crippen LogP contribution in [-0.2, 0) is 13.2 Å². The number of hydrogen-bond donors (Lipinski definition) is 0. The smallest absolute Gasteiger partial charge is 0.213 e. The lowest BCUT2D eigenvalue weighted by molar-refractivity contribution is 0.166. The Labute approximate surface area is 215 Å². The molecule has 192 valence electrons. The average molecular weight is 491 g/mol. The van der Waals surface area contributed by atoms with E-state index in [9.17, 15) is 4.39 Å². The van der Waals surface area contributed by atoms with Gasteiger partial charge in [0.2, 0.25) is 5.88 Å². The Morgan fingerprint density at radius 1 is 0.972 bits per heavy atom. The molecular weight excluding hydrogens is 451 g/mol. The SMILES string of the molecule is COc1cc(-c2ccc(COc3cccc(C(C)C4CC4)c3)cc2CN(C(C)C)C(C)C)c(F)cn1. The van der Waals surface area contributed by atoms with Crippen LogP contribution in [0, 0.1) is 11.7 Å². The van der Waals surface area contributed by atoms with Gasteiger partial charge < -0.3 is 9.47 Å². The molecule has 36 heavy (non-hydrogen) atoms. The molecule has 5 heteroatoms. The third-order valence-corrected chi connectivity index (χ3v) is 7.30. The second kappa shape index (κ2) is 11.4. The zero-order valence-electron chi connectivity index (χ0n) is 22.4. The zero-order valence-corrected chi connectivity index (χ0v) is 22.4. The fourth-order valence-electron chi connectivity index (χ4n) is 4.95. The van der Waals surface area contributed by atoms with Gasteiger partial charge in [0.15, 0.2) is 0 Å². The van der Waals surface area contributed by atoms with E-state index in [4.69, 9.17) is 9.47 Å². The van der Waals surface area contributed by atoms with Crippen molar-refractivity contribution in [3.8, 4) is 22.8 Å². The molecule has 0 spiro atoms. The minimum Gasteiger partial charge on any atom is -0.489 e. The standard InChI is InChI=1S/C31H39FN2O2/c1-20(2)34(21(3)4)18-26-14-23(10-13-28(26)29-16-31(35-6)33-17-30(29)32)19-36-27-9-7-8-25(15-27)22(5)24-11-12-24/h7-10,13-17,20-22,24H,11-12,18-19H2,1-6H3. The fraction of sp³-hybridized carbons (Fsp3) is 0.452. The highest BCUT2D eigenvalue weighted by molar-refractivity contribution is 5.69. The quantitative estimate of drug-likeness (QED) is 0.277. The van der Waals surface area contributed by atoms with Gasteiger partial charge in [-0.1, -0.05) is 37.3 Å². The summed E-state index contributed by atoms with van der Waals surface area (Å²) in [6, 6.07) is 17.0. The number of nitrogens with zero attached hydrogens (tertiary/aromatic N) is 2. The Balaban J connectivity index is 1.62. The first-order valence-electron chi connectivity index (χ1n) is 13.1. The first-order valence-corrected chi connectivity index (χ1v) is 13.1. The lowest BCUT2D eigenvalue weighted by atomic mass is 9.96. The van der Waals surface area contributed by atoms with Crippen LogP contribution in [0.2, 0.25) is 0 Å². The molecule has 0 radical (unpaired) electrons. The summed E-state index contributed by atoms with van der Waals surface area (Å²) in [4.78, 5) is 6.42. The number of benzene rings is 2. The van der Waals surface area contributed by atoms with Gasteiger partial charge in [0.1, 0.15) is 18.2 Å². The Bertz CT molecular complexity index is 1160. The van der Waals surface area contributed by atoms with Gasteiger partial charge >= 0.3 is 0 Å². The van der Waals surface area contributed by atoms with E-state index in [1.54, 1.807) is 13.2 Å². The van der Waals surface area contributed by atoms with Gasteiger partial charge in [-0.05, 0) is 86.8 Å². The normalized spacial score (nSPS) is 14.5. The first-order chi connectivity index (χ1) is 17.3. The topological polar surface area (TPSA) is 34.6 Å². The molecule has 4 rings (SSSR count). The summed E-state index contributed by atoms with van der Waals surface area (Å²) in [6.07, 6.45) is 3.89. The number of halogens is 1. The molecule has 0 amide bonds. The molecule has 1 aromatic heterocycles. The average Bonchev–Trinajstić information content (AvgIpc) is 3.71. The van der Waals surface area contributed by atoms with Crippen LogP contribution in [0.15, 0.2) is 54.7 Å². The summed E-state index contributed by atoms with van der Waals surface area (Å²) >= 11 is 0. The van der Waals surface area contributed by atoms with E-state index in [1.807, 2.05) is 18.2 Å². The van der Waals surface area contributed by atoms with Gasteiger partial charge in [0, 0.05) is 30.3 Å². The molecule has 1 saturated carbocycles. The summed E-state index contributed by atoms with van der Waals surface area (Å²) in [7, 11) is 1.55. The van der Waals surface area contributed by atoms with Gasteiger partial charge in [-0.2, -0.15) is 0 Å². The van der Waals surface area contributed by atoms with Gasteiger partial charge in [-0.15, -0.1) is 0 Å². The summed E-state index contributed by atoms with van der Waals surface area (Å²) in [6.45, 7) is 12.2. The summed E-state index contributed by atoms with van der Waals surface area (Å²) < 4.78 is 26.4. The Morgan fingerprint density at radius 3 is 2.39 bits per heavy atom. The minimum atomic E-state index is -0.358. The molecule has 0 bridgehead atoms. The molecule has 1 atom stereocenters. The monoisotopic (exact) mass is 490 g/mol. The van der Waals surface area contributed by atoms with E-state index in [0.717, 1.165) is 28.4 Å². The summed E-state index contributed by atoms with van der Waals surface area (Å²) in [5.41, 5.74) is 4.81. The van der Waals surface area contributed by atoms with Crippen LogP contribution in [0.1, 0.15) is 70.1 Å². The molecule has 2 aromatic carbocycles. The molecule has 4 nitrogen and oxygen atoms in total. The predicted molar refractivity (Wildman–Crippen MR) is 144 cm³/mol. The lowest BCUT2D eigenvalue weighted by Gasteiger charge is -2.31. The number of rotatable bonds is 11. The maximum absolute atomic E-state index is 14.9. The summed E-state index contributed by atoms with van der Waals surface area (Å²) in [5.74, 6) is 2.32. The van der Waals surface area contributed by atoms with E-state index in [2.05, 4.69) is 68.8 Å². The van der Waals surface area contributed by atoms with Crippen LogP contribution < -0.4 is 9.47 Å². The maximum Gasteiger partial charge on any atom is 0.213 e. The highest BCUT2D eigenvalue weighted by Crippen LogP contribution is 2.42. The predicted octanol–water partition coefficient (Wildman–Crippen LogP) is 7.61. The zero-order chi connectivity index (χ0) is 25.8. The van der Waals surface area contributed by atoms with Crippen molar-refractivity contribution >= 4 is 0 Å². The second-order valence-electron chi connectivity index (χ2n) is 10.5. The molecule has 0 N–H and O–H groups in total.